The largest absolute Gasteiger partial charge is 0.460 e. The number of sulfonamides is 1. The maximum atomic E-state index is 11.1. The van der Waals surface area contributed by atoms with Crippen LogP contribution in [0.3, 0.4) is 0 Å². The molecule has 0 aromatic rings. The third-order valence-corrected chi connectivity index (χ3v) is 4.03. The maximum Gasteiger partial charge on any atom is 0.349 e. The first kappa shape index (κ1) is 19.0. The third-order valence-electron chi connectivity index (χ3n) is 1.53. The summed E-state index contributed by atoms with van der Waals surface area (Å²) in [5, 5.41) is 0. The molecule has 1 N–H and O–H groups in total. The number of carbonyl (C=O) groups excluding carboxylic acids is 1. The van der Waals surface area contributed by atoms with Gasteiger partial charge in [0, 0.05) is 5.57 Å². The molecule has 0 bridgehead atoms. The highest BCUT2D eigenvalue weighted by Gasteiger charge is 2.16. The summed E-state index contributed by atoms with van der Waals surface area (Å²) >= 11 is 0. The first-order chi connectivity index (χ1) is 9.03. The molecule has 0 saturated heterocycles. The van der Waals surface area contributed by atoms with Crippen LogP contribution in [0.4, 0.5) is 0 Å². The Hall–Kier alpha value is -1.01. The molecule has 0 unspecified atom stereocenters. The lowest BCUT2D eigenvalue weighted by Gasteiger charge is -2.07. The van der Waals surface area contributed by atoms with E-state index in [0.717, 1.165) is 0 Å². The van der Waals surface area contributed by atoms with Gasteiger partial charge in [-0.15, -0.1) is 0 Å². The van der Waals surface area contributed by atoms with E-state index in [1.165, 1.54) is 11.1 Å². The molecule has 0 amide bonds. The molecule has 0 spiro atoms. The van der Waals surface area contributed by atoms with E-state index in [9.17, 15) is 21.6 Å². The van der Waals surface area contributed by atoms with Crippen LogP contribution in [0.5, 0.6) is 0 Å². The van der Waals surface area contributed by atoms with Crippen LogP contribution in [0.15, 0.2) is 12.2 Å². The van der Waals surface area contributed by atoms with Crippen LogP contribution in [0, 0.1) is 0 Å². The van der Waals surface area contributed by atoms with Crippen LogP contribution in [0.1, 0.15) is 6.92 Å². The highest BCUT2D eigenvalue weighted by Crippen LogP contribution is 1.93. The van der Waals surface area contributed by atoms with Gasteiger partial charge in [-0.05, 0) is 6.92 Å². The van der Waals surface area contributed by atoms with Gasteiger partial charge in [-0.2, -0.15) is 8.42 Å². The molecule has 11 heteroatoms. The van der Waals surface area contributed by atoms with E-state index in [2.05, 4.69) is 10.8 Å². The number of esters is 1. The summed E-state index contributed by atoms with van der Waals surface area (Å²) in [5.74, 6) is -0.551. The predicted octanol–water partition coefficient (Wildman–Crippen LogP) is -1.07. The predicted molar refractivity (Wildman–Crippen MR) is 69.4 cm³/mol. The van der Waals surface area contributed by atoms with Gasteiger partial charge in [0.25, 0.3) is 0 Å². The zero-order valence-electron chi connectivity index (χ0n) is 11.1. The lowest BCUT2D eigenvalue weighted by atomic mass is 10.4. The first-order valence-corrected chi connectivity index (χ1v) is 8.62. The fraction of sp³-hybridized carbons (Fsp3) is 0.667. The highest BCUT2D eigenvalue weighted by molar-refractivity contribution is 8.02. The second kappa shape index (κ2) is 8.32. The van der Waals surface area contributed by atoms with Gasteiger partial charge in [-0.25, -0.2) is 13.2 Å². The van der Waals surface area contributed by atoms with Gasteiger partial charge in [0.05, 0.1) is 26.1 Å². The summed E-state index contributed by atoms with van der Waals surface area (Å²) in [6.07, 6.45) is 0.681. The SMILES string of the molecule is C=C(C)C(=O)OCCOCCOS(=O)(=O)NS(C)(=O)=O. The van der Waals surface area contributed by atoms with Crippen molar-refractivity contribution < 1.29 is 35.3 Å². The van der Waals surface area contributed by atoms with Crippen molar-refractivity contribution >= 4 is 26.3 Å². The summed E-state index contributed by atoms with van der Waals surface area (Å²) in [4.78, 5) is 10.9. The number of ether oxygens (including phenoxy) is 2. The number of rotatable bonds is 10. The van der Waals surface area contributed by atoms with E-state index < -0.39 is 26.3 Å². The van der Waals surface area contributed by atoms with E-state index in [0.29, 0.717) is 6.26 Å². The number of nitrogens with one attached hydrogen (secondary N) is 1. The fourth-order valence-electron chi connectivity index (χ4n) is 0.831. The van der Waals surface area contributed by atoms with Gasteiger partial charge in [0.1, 0.15) is 6.61 Å². The van der Waals surface area contributed by atoms with E-state index in [1.54, 1.807) is 0 Å². The van der Waals surface area contributed by atoms with Gasteiger partial charge >= 0.3 is 16.3 Å². The Morgan fingerprint density at radius 3 is 2.15 bits per heavy atom. The molecule has 0 radical (unpaired) electrons. The molecule has 0 aliphatic heterocycles. The minimum atomic E-state index is -4.37. The van der Waals surface area contributed by atoms with Crippen LogP contribution < -0.4 is 4.13 Å². The minimum absolute atomic E-state index is 0.0139. The maximum absolute atomic E-state index is 11.1. The third kappa shape index (κ3) is 10.9. The van der Waals surface area contributed by atoms with Crippen LogP contribution in [0.2, 0.25) is 0 Å². The quantitative estimate of drug-likeness (QED) is 0.305. The van der Waals surface area contributed by atoms with Crippen molar-refractivity contribution in [3.05, 3.63) is 12.2 Å². The van der Waals surface area contributed by atoms with E-state index >= 15 is 0 Å². The molecule has 9 nitrogen and oxygen atoms in total. The molecule has 20 heavy (non-hydrogen) atoms. The number of carbonyl (C=O) groups is 1. The lowest BCUT2D eigenvalue weighted by molar-refractivity contribution is -0.140. The highest BCUT2D eigenvalue weighted by atomic mass is 32.3. The summed E-state index contributed by atoms with van der Waals surface area (Å²) in [5.41, 5.74) is 0.256. The van der Waals surface area contributed by atoms with Crippen molar-refractivity contribution in [2.75, 3.05) is 32.7 Å². The molecule has 0 aliphatic rings. The molecular formula is C9H17NO8S2. The van der Waals surface area contributed by atoms with E-state index in [1.807, 2.05) is 0 Å². The minimum Gasteiger partial charge on any atom is -0.460 e. The average Bonchev–Trinajstić information content (AvgIpc) is 2.23. The van der Waals surface area contributed by atoms with E-state index in [4.69, 9.17) is 9.47 Å². The Kier molecular flexibility index (Phi) is 7.90. The molecule has 0 heterocycles. The Morgan fingerprint density at radius 1 is 1.10 bits per heavy atom. The summed E-state index contributed by atoms with van der Waals surface area (Å²) in [7, 11) is -8.29. The smallest absolute Gasteiger partial charge is 0.349 e. The van der Waals surface area contributed by atoms with Crippen LogP contribution in [0.25, 0.3) is 0 Å². The molecule has 0 saturated carbocycles. The Bertz CT molecular complexity index is 536. The zero-order valence-corrected chi connectivity index (χ0v) is 12.8. The molecule has 0 atom stereocenters. The van der Waals surface area contributed by atoms with Gasteiger partial charge in [-0.1, -0.05) is 10.7 Å². The molecule has 118 valence electrons. The standard InChI is InChI=1S/C9H17NO8S2/c1-8(2)9(11)17-6-4-16-5-7-18-20(14,15)10-19(3,12)13/h10H,1,4-7H2,2-3H3. The Labute approximate surface area is 118 Å². The topological polar surface area (TPSA) is 125 Å². The van der Waals surface area contributed by atoms with E-state index in [-0.39, 0.29) is 32.0 Å². The van der Waals surface area contributed by atoms with Crippen LogP contribution >= 0.6 is 0 Å². The zero-order chi connectivity index (χ0) is 15.8. The first-order valence-electron chi connectivity index (χ1n) is 5.32. The second-order valence-corrected chi connectivity index (χ2v) is 7.02. The fourth-order valence-corrected chi connectivity index (χ4v) is 2.79. The van der Waals surface area contributed by atoms with Crippen molar-refractivity contribution in [1.82, 2.24) is 4.13 Å². The molecule has 0 fully saturated rings. The molecule has 0 aromatic heterocycles. The normalized spacial score (nSPS) is 12.1. The Morgan fingerprint density at radius 2 is 1.65 bits per heavy atom. The molecule has 0 aliphatic carbocycles. The second-order valence-electron chi connectivity index (χ2n) is 3.66. The van der Waals surface area contributed by atoms with Gasteiger partial charge < -0.3 is 9.47 Å². The Balaban J connectivity index is 3.73. The number of hydrogen-bond donors (Lipinski definition) is 1. The van der Waals surface area contributed by atoms with Crippen LogP contribution in [-0.4, -0.2) is 55.5 Å². The average molecular weight is 331 g/mol. The van der Waals surface area contributed by atoms with Crippen molar-refractivity contribution in [3.63, 3.8) is 0 Å². The lowest BCUT2D eigenvalue weighted by Crippen LogP contribution is -2.31. The van der Waals surface area contributed by atoms with Gasteiger partial charge in [-0.3, -0.25) is 4.18 Å². The molecule has 0 rings (SSSR count). The summed E-state index contributed by atoms with van der Waals surface area (Å²) in [6, 6.07) is 0. The van der Waals surface area contributed by atoms with Gasteiger partial charge in [0.2, 0.25) is 10.0 Å². The van der Waals surface area contributed by atoms with Crippen molar-refractivity contribution in [2.24, 2.45) is 0 Å². The number of hydrogen-bond acceptors (Lipinski definition) is 8. The van der Waals surface area contributed by atoms with Gasteiger partial charge in [0.15, 0.2) is 0 Å². The van der Waals surface area contributed by atoms with Crippen molar-refractivity contribution in [2.45, 2.75) is 6.92 Å². The van der Waals surface area contributed by atoms with Crippen molar-refractivity contribution in [1.29, 1.82) is 0 Å². The molecular weight excluding hydrogens is 314 g/mol. The summed E-state index contributed by atoms with van der Waals surface area (Å²) < 4.78 is 58.7. The molecule has 0 aromatic carbocycles. The monoisotopic (exact) mass is 331 g/mol. The van der Waals surface area contributed by atoms with Crippen LogP contribution in [-0.2, 0) is 38.8 Å². The summed E-state index contributed by atoms with van der Waals surface area (Å²) in [6.45, 7) is 4.42. The van der Waals surface area contributed by atoms with Crippen molar-refractivity contribution in [3.8, 4) is 0 Å².